The van der Waals surface area contributed by atoms with Crippen molar-refractivity contribution in [3.05, 3.63) is 85.4 Å². The van der Waals surface area contributed by atoms with Gasteiger partial charge in [0.05, 0.1) is 31.4 Å². The summed E-state index contributed by atoms with van der Waals surface area (Å²) in [7, 11) is 4.37. The summed E-state index contributed by atoms with van der Waals surface area (Å²) in [5, 5.41) is 0. The molecule has 0 aliphatic carbocycles. The second kappa shape index (κ2) is 11.2. The Bertz CT molecular complexity index is 1420. The van der Waals surface area contributed by atoms with Crippen molar-refractivity contribution in [2.75, 3.05) is 21.3 Å². The number of aliphatic imine (C=N–C) groups is 1. The van der Waals surface area contributed by atoms with Crippen molar-refractivity contribution in [3.8, 4) is 23.0 Å². The highest BCUT2D eigenvalue weighted by molar-refractivity contribution is 9.11. The number of methoxy groups -OCH3 is 3. The Morgan fingerprint density at radius 1 is 0.919 bits per heavy atom. The molecule has 0 unspecified atom stereocenters. The first kappa shape index (κ1) is 26.4. The molecule has 0 saturated heterocycles. The van der Waals surface area contributed by atoms with Crippen LogP contribution in [-0.4, -0.2) is 39.2 Å². The topological polar surface area (TPSA) is 92.7 Å². The summed E-state index contributed by atoms with van der Waals surface area (Å²) in [6.45, 7) is 1.96. The minimum atomic E-state index is -0.681. The van der Waals surface area contributed by atoms with Crippen LogP contribution in [0.5, 0.6) is 23.0 Å². The third-order valence-electron chi connectivity index (χ3n) is 5.34. The molecular weight excluding hydrogens is 610 g/mol. The molecule has 0 aromatic heterocycles. The van der Waals surface area contributed by atoms with Gasteiger partial charge in [0.15, 0.2) is 22.9 Å². The van der Waals surface area contributed by atoms with E-state index < -0.39 is 11.9 Å². The van der Waals surface area contributed by atoms with Gasteiger partial charge in [-0.2, -0.15) is 0 Å². The molecule has 1 aliphatic heterocycles. The third-order valence-corrected chi connectivity index (χ3v) is 6.39. The fourth-order valence-electron chi connectivity index (χ4n) is 3.52. The SMILES string of the molecule is COc1cc(C(=O)Oc2c(Br)cc(Br)cc2/C=C2\N=C(c3ccc(C)cc3)OC2=O)cc(OC)c1OC. The highest BCUT2D eigenvalue weighted by atomic mass is 79.9. The van der Waals surface area contributed by atoms with E-state index in [1.807, 2.05) is 31.2 Å². The summed E-state index contributed by atoms with van der Waals surface area (Å²) < 4.78 is 28.3. The second-order valence-corrected chi connectivity index (χ2v) is 9.58. The average Bonchev–Trinajstić information content (AvgIpc) is 3.25. The lowest BCUT2D eigenvalue weighted by atomic mass is 10.1. The van der Waals surface area contributed by atoms with Crippen LogP contribution in [0.4, 0.5) is 0 Å². The van der Waals surface area contributed by atoms with Crippen molar-refractivity contribution in [2.24, 2.45) is 4.99 Å². The maximum absolute atomic E-state index is 13.2. The van der Waals surface area contributed by atoms with Gasteiger partial charge in [-0.3, -0.25) is 0 Å². The number of hydrogen-bond acceptors (Lipinski definition) is 8. The lowest BCUT2D eigenvalue weighted by Gasteiger charge is -2.15. The number of carbonyl (C=O) groups is 2. The largest absolute Gasteiger partial charge is 0.493 e. The molecule has 0 radical (unpaired) electrons. The van der Waals surface area contributed by atoms with E-state index in [1.54, 1.807) is 12.1 Å². The third kappa shape index (κ3) is 5.70. The molecule has 1 heterocycles. The number of esters is 2. The van der Waals surface area contributed by atoms with E-state index in [4.69, 9.17) is 23.7 Å². The van der Waals surface area contributed by atoms with E-state index in [0.29, 0.717) is 37.3 Å². The van der Waals surface area contributed by atoms with E-state index in [-0.39, 0.29) is 22.9 Å². The number of cyclic esters (lactones) is 1. The Labute approximate surface area is 230 Å². The number of carbonyl (C=O) groups excluding carboxylic acids is 2. The van der Waals surface area contributed by atoms with Crippen molar-refractivity contribution in [3.63, 3.8) is 0 Å². The van der Waals surface area contributed by atoms with Crippen LogP contribution in [0, 0.1) is 6.92 Å². The maximum Gasteiger partial charge on any atom is 0.363 e. The Morgan fingerprint density at radius 3 is 2.16 bits per heavy atom. The van der Waals surface area contributed by atoms with Crippen LogP contribution in [0.3, 0.4) is 0 Å². The minimum absolute atomic E-state index is 0.0608. The van der Waals surface area contributed by atoms with Crippen LogP contribution in [0.25, 0.3) is 6.08 Å². The van der Waals surface area contributed by atoms with Crippen LogP contribution < -0.4 is 18.9 Å². The molecule has 0 amide bonds. The number of benzene rings is 3. The molecular formula is C27H21Br2NO7. The van der Waals surface area contributed by atoms with Crippen molar-refractivity contribution < 1.29 is 33.3 Å². The van der Waals surface area contributed by atoms with E-state index >= 15 is 0 Å². The zero-order valence-electron chi connectivity index (χ0n) is 20.3. The summed E-state index contributed by atoms with van der Waals surface area (Å²) in [6.07, 6.45) is 1.50. The van der Waals surface area contributed by atoms with Crippen LogP contribution in [0.1, 0.15) is 27.0 Å². The predicted molar refractivity (Wildman–Crippen MR) is 145 cm³/mol. The van der Waals surface area contributed by atoms with E-state index in [1.165, 1.54) is 39.5 Å². The first-order chi connectivity index (χ1) is 17.7. The molecule has 3 aromatic rings. The van der Waals surface area contributed by atoms with E-state index in [2.05, 4.69) is 36.9 Å². The number of ether oxygens (including phenoxy) is 5. The number of hydrogen-bond donors (Lipinski definition) is 0. The summed E-state index contributed by atoms with van der Waals surface area (Å²) in [4.78, 5) is 30.1. The molecule has 0 saturated carbocycles. The molecule has 0 fully saturated rings. The number of halogens is 2. The lowest BCUT2D eigenvalue weighted by Crippen LogP contribution is -2.11. The summed E-state index contributed by atoms with van der Waals surface area (Å²) in [6, 6.07) is 13.8. The zero-order chi connectivity index (χ0) is 26.7. The maximum atomic E-state index is 13.2. The number of nitrogens with zero attached hydrogens (tertiary/aromatic N) is 1. The highest BCUT2D eigenvalue weighted by Crippen LogP contribution is 2.40. The standard InChI is InChI=1S/C27H21Br2NO7/c1-14-5-7-15(8-6-14)25-30-20(27(32)37-25)10-16-9-18(28)13-19(29)23(16)36-26(31)17-11-21(33-2)24(35-4)22(12-17)34-3/h5-13H,1-4H3/b20-10-. The fourth-order valence-corrected chi connectivity index (χ4v) is 4.86. The van der Waals surface area contributed by atoms with Crippen LogP contribution >= 0.6 is 31.9 Å². The van der Waals surface area contributed by atoms with Gasteiger partial charge in [-0.1, -0.05) is 33.6 Å². The number of aryl methyl sites for hydroxylation is 1. The molecule has 4 rings (SSSR count). The van der Waals surface area contributed by atoms with Gasteiger partial charge in [-0.25, -0.2) is 14.6 Å². The molecule has 37 heavy (non-hydrogen) atoms. The van der Waals surface area contributed by atoms with Gasteiger partial charge in [-0.15, -0.1) is 0 Å². The van der Waals surface area contributed by atoms with E-state index in [9.17, 15) is 9.59 Å². The Hall–Kier alpha value is -3.63. The fraction of sp³-hybridized carbons (Fsp3) is 0.148. The molecule has 1 aliphatic rings. The highest BCUT2D eigenvalue weighted by Gasteiger charge is 2.26. The summed E-state index contributed by atoms with van der Waals surface area (Å²) >= 11 is 6.87. The molecule has 8 nitrogen and oxygen atoms in total. The first-order valence-electron chi connectivity index (χ1n) is 10.8. The smallest absolute Gasteiger partial charge is 0.363 e. The normalized spacial score (nSPS) is 13.7. The van der Waals surface area contributed by atoms with Crippen molar-refractivity contribution >= 4 is 55.8 Å². The van der Waals surface area contributed by atoms with Gasteiger partial charge in [-0.05, 0) is 65.3 Å². The summed E-state index contributed by atoms with van der Waals surface area (Å²) in [5.74, 6) is 0.0324. The second-order valence-electron chi connectivity index (χ2n) is 7.81. The Balaban J connectivity index is 1.71. The van der Waals surface area contributed by atoms with Gasteiger partial charge in [0.1, 0.15) is 0 Å². The van der Waals surface area contributed by atoms with E-state index in [0.717, 1.165) is 5.56 Å². The quantitative estimate of drug-likeness (QED) is 0.177. The lowest BCUT2D eigenvalue weighted by molar-refractivity contribution is -0.129. The van der Waals surface area contributed by atoms with Crippen LogP contribution in [-0.2, 0) is 9.53 Å². The van der Waals surface area contributed by atoms with Crippen LogP contribution in [0.15, 0.2) is 68.2 Å². The van der Waals surface area contributed by atoms with Gasteiger partial charge >= 0.3 is 11.9 Å². The van der Waals surface area contributed by atoms with Gasteiger partial charge < -0.3 is 23.7 Å². The molecule has 0 N–H and O–H groups in total. The Morgan fingerprint density at radius 2 is 1.57 bits per heavy atom. The molecule has 190 valence electrons. The average molecular weight is 631 g/mol. The minimum Gasteiger partial charge on any atom is -0.493 e. The molecule has 10 heteroatoms. The van der Waals surface area contributed by atoms with Gasteiger partial charge in [0, 0.05) is 15.6 Å². The number of rotatable bonds is 7. The molecule has 0 bridgehead atoms. The van der Waals surface area contributed by atoms with Gasteiger partial charge in [0.25, 0.3) is 0 Å². The first-order valence-corrected chi connectivity index (χ1v) is 12.4. The zero-order valence-corrected chi connectivity index (χ0v) is 23.4. The van der Waals surface area contributed by atoms with Crippen molar-refractivity contribution in [1.82, 2.24) is 0 Å². The van der Waals surface area contributed by atoms with Crippen molar-refractivity contribution in [1.29, 1.82) is 0 Å². The summed E-state index contributed by atoms with van der Waals surface area (Å²) in [5.41, 5.74) is 2.39. The monoisotopic (exact) mass is 629 g/mol. The molecule has 0 atom stereocenters. The predicted octanol–water partition coefficient (Wildman–Crippen LogP) is 6.11. The molecule has 0 spiro atoms. The van der Waals surface area contributed by atoms with Crippen LogP contribution in [0.2, 0.25) is 0 Å². The Kier molecular flexibility index (Phi) is 7.99. The molecule has 3 aromatic carbocycles. The van der Waals surface area contributed by atoms with Crippen molar-refractivity contribution in [2.45, 2.75) is 6.92 Å². The van der Waals surface area contributed by atoms with Gasteiger partial charge in [0.2, 0.25) is 11.6 Å².